The fourth-order valence-electron chi connectivity index (χ4n) is 2.06. The molecule has 2 aromatic carbocycles. The van der Waals surface area contributed by atoms with Crippen LogP contribution in [-0.4, -0.2) is 26.2 Å². The van der Waals surface area contributed by atoms with Gasteiger partial charge in [0.05, 0.1) is 25.3 Å². The van der Waals surface area contributed by atoms with Crippen LogP contribution in [0.15, 0.2) is 42.5 Å². The van der Waals surface area contributed by atoms with Gasteiger partial charge in [-0.3, -0.25) is 4.79 Å². The van der Waals surface area contributed by atoms with E-state index in [0.29, 0.717) is 29.0 Å². The monoisotopic (exact) mass is 362 g/mol. The number of hydrogen-bond acceptors (Lipinski definition) is 4. The van der Waals surface area contributed by atoms with E-state index >= 15 is 0 Å². The smallest absolute Gasteiger partial charge is 0.243 e. The van der Waals surface area contributed by atoms with Gasteiger partial charge >= 0.3 is 0 Å². The number of anilines is 2. The Labute approximate surface area is 153 Å². The number of amides is 1. The lowest BCUT2D eigenvalue weighted by Gasteiger charge is -2.11. The third-order valence-corrected chi connectivity index (χ3v) is 3.62. The van der Waals surface area contributed by atoms with Crippen LogP contribution in [0.25, 0.3) is 0 Å². The minimum Gasteiger partial charge on any atom is -0.495 e. The lowest BCUT2D eigenvalue weighted by atomic mass is 10.2. The molecule has 2 N–H and O–H groups in total. The van der Waals surface area contributed by atoms with Gasteiger partial charge < -0.3 is 20.1 Å². The first-order chi connectivity index (χ1) is 12.0. The molecule has 0 aromatic heterocycles. The maximum absolute atomic E-state index is 12.0. The van der Waals surface area contributed by atoms with Crippen LogP contribution < -0.4 is 20.1 Å². The molecule has 0 unspecified atom stereocenters. The molecule has 0 heterocycles. The SMILES string of the molecule is COc1ccc(NC(=O)CNc2ccc(OCC(C)C)cc2)cc1Cl. The Morgan fingerprint density at radius 2 is 1.80 bits per heavy atom. The molecular weight excluding hydrogens is 340 g/mol. The molecule has 0 saturated carbocycles. The van der Waals surface area contributed by atoms with Crippen LogP contribution in [0.5, 0.6) is 11.5 Å². The van der Waals surface area contributed by atoms with E-state index in [-0.39, 0.29) is 12.5 Å². The molecule has 0 aliphatic carbocycles. The summed E-state index contributed by atoms with van der Waals surface area (Å²) in [5.41, 5.74) is 1.47. The van der Waals surface area contributed by atoms with Crippen LogP contribution in [0.2, 0.25) is 5.02 Å². The first kappa shape index (κ1) is 18.9. The minimum absolute atomic E-state index is 0.149. The van der Waals surface area contributed by atoms with Gasteiger partial charge in [-0.1, -0.05) is 25.4 Å². The number of rotatable bonds is 8. The van der Waals surface area contributed by atoms with Gasteiger partial charge in [-0.2, -0.15) is 0 Å². The predicted molar refractivity (Wildman–Crippen MR) is 102 cm³/mol. The van der Waals surface area contributed by atoms with E-state index in [2.05, 4.69) is 24.5 Å². The second kappa shape index (κ2) is 9.18. The molecule has 134 valence electrons. The van der Waals surface area contributed by atoms with Crippen molar-refractivity contribution in [2.24, 2.45) is 5.92 Å². The van der Waals surface area contributed by atoms with Gasteiger partial charge in [0.1, 0.15) is 11.5 Å². The number of carbonyl (C=O) groups is 1. The number of carbonyl (C=O) groups excluding carboxylic acids is 1. The van der Waals surface area contributed by atoms with Crippen molar-refractivity contribution in [3.63, 3.8) is 0 Å². The zero-order valence-corrected chi connectivity index (χ0v) is 15.4. The second-order valence-electron chi connectivity index (χ2n) is 5.98. The highest BCUT2D eigenvalue weighted by Gasteiger charge is 2.06. The molecule has 2 rings (SSSR count). The Bertz CT molecular complexity index is 702. The lowest BCUT2D eigenvalue weighted by molar-refractivity contribution is -0.114. The molecular formula is C19H23ClN2O3. The third kappa shape index (κ3) is 6.19. The van der Waals surface area contributed by atoms with Crippen LogP contribution in [0.3, 0.4) is 0 Å². The maximum Gasteiger partial charge on any atom is 0.243 e. The number of hydrogen-bond donors (Lipinski definition) is 2. The fraction of sp³-hybridized carbons (Fsp3) is 0.316. The number of benzene rings is 2. The van der Waals surface area contributed by atoms with Crippen LogP contribution in [-0.2, 0) is 4.79 Å². The summed E-state index contributed by atoms with van der Waals surface area (Å²) in [6, 6.07) is 12.6. The van der Waals surface area contributed by atoms with Gasteiger partial charge in [0.2, 0.25) is 5.91 Å². The van der Waals surface area contributed by atoms with Crippen molar-refractivity contribution >= 4 is 28.9 Å². The average molecular weight is 363 g/mol. The third-order valence-electron chi connectivity index (χ3n) is 3.33. The van der Waals surface area contributed by atoms with Crippen LogP contribution in [0.4, 0.5) is 11.4 Å². The molecule has 0 saturated heterocycles. The molecule has 25 heavy (non-hydrogen) atoms. The summed E-state index contributed by atoms with van der Waals surface area (Å²) in [6.07, 6.45) is 0. The zero-order chi connectivity index (χ0) is 18.2. The number of halogens is 1. The molecule has 0 aliphatic heterocycles. The van der Waals surface area contributed by atoms with Crippen molar-refractivity contribution in [3.8, 4) is 11.5 Å². The molecule has 0 bridgehead atoms. The zero-order valence-electron chi connectivity index (χ0n) is 14.6. The standard InChI is InChI=1S/C19H23ClN2O3/c1-13(2)12-25-16-7-4-14(5-8-16)21-11-19(23)22-15-6-9-18(24-3)17(20)10-15/h4-10,13,21H,11-12H2,1-3H3,(H,22,23). The Kier molecular flexibility index (Phi) is 6.95. The van der Waals surface area contributed by atoms with Gasteiger partial charge in [0.15, 0.2) is 0 Å². The summed E-state index contributed by atoms with van der Waals surface area (Å²) >= 11 is 6.04. The van der Waals surface area contributed by atoms with Crippen molar-refractivity contribution in [2.45, 2.75) is 13.8 Å². The van der Waals surface area contributed by atoms with E-state index < -0.39 is 0 Å². The van der Waals surface area contributed by atoms with E-state index in [1.807, 2.05) is 24.3 Å². The van der Waals surface area contributed by atoms with Crippen molar-refractivity contribution in [2.75, 3.05) is 30.9 Å². The van der Waals surface area contributed by atoms with Crippen LogP contribution in [0, 0.1) is 5.92 Å². The van der Waals surface area contributed by atoms with Gasteiger partial charge in [-0.15, -0.1) is 0 Å². The van der Waals surface area contributed by atoms with E-state index in [4.69, 9.17) is 21.1 Å². The normalized spacial score (nSPS) is 10.4. The summed E-state index contributed by atoms with van der Waals surface area (Å²) in [7, 11) is 1.54. The highest BCUT2D eigenvalue weighted by Crippen LogP contribution is 2.27. The van der Waals surface area contributed by atoms with Gasteiger partial charge in [-0.25, -0.2) is 0 Å². The average Bonchev–Trinajstić information content (AvgIpc) is 2.59. The molecule has 1 amide bonds. The van der Waals surface area contributed by atoms with Crippen molar-refractivity contribution in [3.05, 3.63) is 47.5 Å². The molecule has 0 aliphatic rings. The Morgan fingerprint density at radius 1 is 1.12 bits per heavy atom. The van der Waals surface area contributed by atoms with Crippen LogP contribution in [0.1, 0.15) is 13.8 Å². The van der Waals surface area contributed by atoms with Gasteiger partial charge in [0, 0.05) is 11.4 Å². The van der Waals surface area contributed by atoms with Crippen molar-refractivity contribution < 1.29 is 14.3 Å². The minimum atomic E-state index is -0.165. The summed E-state index contributed by atoms with van der Waals surface area (Å²) in [5, 5.41) is 6.30. The Hall–Kier alpha value is -2.40. The molecule has 0 fully saturated rings. The summed E-state index contributed by atoms with van der Waals surface area (Å²) in [4.78, 5) is 12.0. The van der Waals surface area contributed by atoms with E-state index in [0.717, 1.165) is 11.4 Å². The molecule has 2 aromatic rings. The molecule has 0 radical (unpaired) electrons. The topological polar surface area (TPSA) is 59.6 Å². The molecule has 5 nitrogen and oxygen atoms in total. The van der Waals surface area contributed by atoms with Crippen LogP contribution >= 0.6 is 11.6 Å². The number of nitrogens with one attached hydrogen (secondary N) is 2. The van der Waals surface area contributed by atoms with E-state index in [1.54, 1.807) is 25.3 Å². The first-order valence-corrected chi connectivity index (χ1v) is 8.46. The lowest BCUT2D eigenvalue weighted by Crippen LogP contribution is -2.21. The predicted octanol–water partition coefficient (Wildman–Crippen LogP) is 4.43. The largest absolute Gasteiger partial charge is 0.495 e. The molecule has 0 spiro atoms. The Balaban J connectivity index is 1.82. The van der Waals surface area contributed by atoms with Crippen molar-refractivity contribution in [1.82, 2.24) is 0 Å². The summed E-state index contributed by atoms with van der Waals surface area (Å²) in [6.45, 7) is 5.03. The highest BCUT2D eigenvalue weighted by atomic mass is 35.5. The Morgan fingerprint density at radius 3 is 2.40 bits per heavy atom. The number of ether oxygens (including phenoxy) is 2. The van der Waals surface area contributed by atoms with E-state index in [1.165, 1.54) is 0 Å². The summed E-state index contributed by atoms with van der Waals surface area (Å²) < 4.78 is 10.7. The number of methoxy groups -OCH3 is 1. The quantitative estimate of drug-likeness (QED) is 0.729. The van der Waals surface area contributed by atoms with Gasteiger partial charge in [0.25, 0.3) is 0 Å². The van der Waals surface area contributed by atoms with Gasteiger partial charge in [-0.05, 0) is 48.4 Å². The highest BCUT2D eigenvalue weighted by molar-refractivity contribution is 6.32. The fourth-order valence-corrected chi connectivity index (χ4v) is 2.32. The first-order valence-electron chi connectivity index (χ1n) is 8.08. The molecule has 6 heteroatoms. The second-order valence-corrected chi connectivity index (χ2v) is 6.39. The van der Waals surface area contributed by atoms with E-state index in [9.17, 15) is 4.79 Å². The van der Waals surface area contributed by atoms with Crippen molar-refractivity contribution in [1.29, 1.82) is 0 Å². The summed E-state index contributed by atoms with van der Waals surface area (Å²) in [5.74, 6) is 1.70. The molecule has 0 atom stereocenters. The maximum atomic E-state index is 12.0.